The number of anilines is 1. The molecule has 3 N–H and O–H groups in total. The predicted octanol–water partition coefficient (Wildman–Crippen LogP) is 5.19. The summed E-state index contributed by atoms with van der Waals surface area (Å²) in [7, 11) is 1.58. The summed E-state index contributed by atoms with van der Waals surface area (Å²) in [6, 6.07) is 12.5. The first-order valence-corrected chi connectivity index (χ1v) is 12.7. The molecule has 1 aliphatic rings. The Labute approximate surface area is 213 Å². The topological polar surface area (TPSA) is 104 Å². The Morgan fingerprint density at radius 3 is 2.69 bits per heavy atom. The number of unbranched alkanes of at least 4 members (excludes halogenated alkanes) is 1. The van der Waals surface area contributed by atoms with Crippen molar-refractivity contribution in [2.45, 2.75) is 44.5 Å². The van der Waals surface area contributed by atoms with Crippen molar-refractivity contribution in [2.24, 2.45) is 5.73 Å². The third kappa shape index (κ3) is 5.57. The summed E-state index contributed by atoms with van der Waals surface area (Å²) in [4.78, 5) is 17.1. The number of rotatable bonds is 10. The Balaban J connectivity index is 1.66. The molecule has 10 heteroatoms. The molecular weight excluding hydrogens is 486 g/mol. The maximum absolute atomic E-state index is 12.5. The molecule has 0 radical (unpaired) electrons. The molecule has 1 aromatic heterocycles. The van der Waals surface area contributed by atoms with Crippen molar-refractivity contribution >= 4 is 35.2 Å². The maximum atomic E-state index is 12.5. The highest BCUT2D eigenvalue weighted by Gasteiger charge is 2.33. The average Bonchev–Trinajstić information content (AvgIpc) is 3.25. The highest BCUT2D eigenvalue weighted by molar-refractivity contribution is 7.99. The number of hydrogen-bond donors (Lipinski definition) is 2. The number of nitrogens with zero attached hydrogens (tertiary/aromatic N) is 3. The molecule has 1 unspecified atom stereocenters. The minimum absolute atomic E-state index is 0.358. The quantitative estimate of drug-likeness (QED) is 0.284. The summed E-state index contributed by atoms with van der Waals surface area (Å²) in [6.45, 7) is 4.32. The van der Waals surface area contributed by atoms with Crippen molar-refractivity contribution in [2.75, 3.05) is 18.2 Å². The molecule has 4 rings (SSSR count). The number of amides is 1. The van der Waals surface area contributed by atoms with Crippen LogP contribution >= 0.6 is 23.4 Å². The van der Waals surface area contributed by atoms with E-state index in [-0.39, 0.29) is 0 Å². The van der Waals surface area contributed by atoms with E-state index in [4.69, 9.17) is 26.8 Å². The number of methoxy groups -OCH3 is 1. The van der Waals surface area contributed by atoms with Gasteiger partial charge in [0.25, 0.3) is 0 Å². The van der Waals surface area contributed by atoms with Crippen LogP contribution < -0.4 is 20.5 Å². The van der Waals surface area contributed by atoms with Crippen molar-refractivity contribution in [1.29, 1.82) is 0 Å². The minimum Gasteiger partial charge on any atom is -0.493 e. The van der Waals surface area contributed by atoms with Gasteiger partial charge in [0, 0.05) is 16.5 Å². The monoisotopic (exact) mass is 513 g/mol. The van der Waals surface area contributed by atoms with Gasteiger partial charge in [-0.3, -0.25) is 4.79 Å². The molecular formula is C25H28ClN5O3S. The first kappa shape index (κ1) is 24.9. The fraction of sp³-hybridized carbons (Fsp3) is 0.320. The van der Waals surface area contributed by atoms with E-state index in [1.165, 1.54) is 0 Å². The Morgan fingerprint density at radius 1 is 1.23 bits per heavy atom. The van der Waals surface area contributed by atoms with Crippen LogP contribution in [0.15, 0.2) is 58.9 Å². The molecule has 0 saturated carbocycles. The first-order chi connectivity index (χ1) is 16.9. The van der Waals surface area contributed by atoms with E-state index in [1.54, 1.807) is 23.6 Å². The van der Waals surface area contributed by atoms with Crippen molar-refractivity contribution in [1.82, 2.24) is 14.8 Å². The molecule has 0 fully saturated rings. The Kier molecular flexibility index (Phi) is 7.87. The van der Waals surface area contributed by atoms with Gasteiger partial charge >= 0.3 is 0 Å². The molecule has 0 spiro atoms. The van der Waals surface area contributed by atoms with E-state index < -0.39 is 11.9 Å². The van der Waals surface area contributed by atoms with Gasteiger partial charge in [0.05, 0.1) is 12.7 Å². The van der Waals surface area contributed by atoms with Gasteiger partial charge in [-0.2, -0.15) is 4.98 Å². The second kappa shape index (κ2) is 11.0. The normalized spacial score (nSPS) is 14.9. The lowest BCUT2D eigenvalue weighted by Crippen LogP contribution is -2.31. The predicted molar refractivity (Wildman–Crippen MR) is 138 cm³/mol. The number of nitrogens with two attached hydrogens (primary N) is 1. The van der Waals surface area contributed by atoms with Crippen LogP contribution in [0.25, 0.3) is 0 Å². The van der Waals surface area contributed by atoms with E-state index >= 15 is 0 Å². The van der Waals surface area contributed by atoms with Crippen LogP contribution in [-0.4, -0.2) is 33.5 Å². The number of benzene rings is 2. The fourth-order valence-corrected chi connectivity index (χ4v) is 4.88. The standard InChI is InChI=1S/C25H28ClN5O3S/c1-4-5-12-35-25-29-24-28-15(2)21(23(27)32)22(31(24)30-25)17-8-11-19(20(13-17)33-3)34-14-16-6-9-18(26)10-7-16/h6-11,13,22H,4-5,12,14H2,1-3H3,(H2,27,32)(H,28,29,30). The molecule has 2 heterocycles. The number of hydrogen-bond acceptors (Lipinski definition) is 7. The van der Waals surface area contributed by atoms with E-state index in [9.17, 15) is 4.79 Å². The van der Waals surface area contributed by atoms with Crippen LogP contribution in [0.3, 0.4) is 0 Å². The largest absolute Gasteiger partial charge is 0.493 e. The van der Waals surface area contributed by atoms with Crippen molar-refractivity contribution in [3.63, 3.8) is 0 Å². The Bertz CT molecular complexity index is 1240. The zero-order chi connectivity index (χ0) is 24.9. The third-order valence-electron chi connectivity index (χ3n) is 5.64. The lowest BCUT2D eigenvalue weighted by molar-refractivity contribution is -0.115. The first-order valence-electron chi connectivity index (χ1n) is 11.3. The SMILES string of the molecule is CCCCSc1nc2n(n1)C(c1ccc(OCc3ccc(Cl)cc3)c(OC)c1)C(C(N)=O)=C(C)N2. The smallest absolute Gasteiger partial charge is 0.248 e. The van der Waals surface area contributed by atoms with Crippen molar-refractivity contribution in [3.05, 3.63) is 69.9 Å². The number of aromatic nitrogens is 3. The van der Waals surface area contributed by atoms with Crippen LogP contribution in [0.1, 0.15) is 43.9 Å². The number of halogens is 1. The zero-order valence-electron chi connectivity index (χ0n) is 19.9. The van der Waals surface area contributed by atoms with Crippen LogP contribution in [0.2, 0.25) is 5.02 Å². The number of carbonyl (C=O) groups excluding carboxylic acids is 1. The summed E-state index contributed by atoms with van der Waals surface area (Å²) in [5.41, 5.74) is 8.63. The summed E-state index contributed by atoms with van der Waals surface area (Å²) in [6.07, 6.45) is 2.17. The Hall–Kier alpha value is -3.17. The second-order valence-electron chi connectivity index (χ2n) is 8.12. The maximum Gasteiger partial charge on any atom is 0.248 e. The molecule has 1 amide bonds. The number of primary amides is 1. The molecule has 8 nitrogen and oxygen atoms in total. The number of carbonyl (C=O) groups is 1. The van der Waals surface area contributed by atoms with Crippen LogP contribution in [0, 0.1) is 0 Å². The average molecular weight is 514 g/mol. The summed E-state index contributed by atoms with van der Waals surface area (Å²) < 4.78 is 13.3. The van der Waals surface area contributed by atoms with E-state index in [0.717, 1.165) is 29.7 Å². The van der Waals surface area contributed by atoms with Crippen LogP contribution in [0.5, 0.6) is 11.5 Å². The van der Waals surface area contributed by atoms with Gasteiger partial charge < -0.3 is 20.5 Å². The molecule has 1 atom stereocenters. The molecule has 1 aliphatic heterocycles. The van der Waals surface area contributed by atoms with Gasteiger partial charge in [0.2, 0.25) is 17.0 Å². The number of allylic oxidation sites excluding steroid dienone is 1. The van der Waals surface area contributed by atoms with Crippen molar-refractivity contribution in [3.8, 4) is 11.5 Å². The van der Waals surface area contributed by atoms with Gasteiger partial charge in [-0.15, -0.1) is 5.10 Å². The fourth-order valence-electron chi connectivity index (χ4n) is 3.84. The van der Waals surface area contributed by atoms with Gasteiger partial charge in [-0.05, 0) is 48.7 Å². The molecule has 2 aromatic carbocycles. The zero-order valence-corrected chi connectivity index (χ0v) is 21.4. The van der Waals surface area contributed by atoms with Gasteiger partial charge in [-0.25, -0.2) is 4.68 Å². The van der Waals surface area contributed by atoms with Crippen molar-refractivity contribution < 1.29 is 14.3 Å². The summed E-state index contributed by atoms with van der Waals surface area (Å²) in [5, 5.41) is 9.19. The molecule has 184 valence electrons. The molecule has 35 heavy (non-hydrogen) atoms. The van der Waals surface area contributed by atoms with Gasteiger partial charge in [0.1, 0.15) is 12.6 Å². The molecule has 0 bridgehead atoms. The summed E-state index contributed by atoms with van der Waals surface area (Å²) in [5.74, 6) is 2.08. The highest BCUT2D eigenvalue weighted by Crippen LogP contribution is 2.39. The van der Waals surface area contributed by atoms with E-state index in [1.807, 2.05) is 49.4 Å². The lowest BCUT2D eigenvalue weighted by Gasteiger charge is -2.28. The van der Waals surface area contributed by atoms with Crippen LogP contribution in [-0.2, 0) is 11.4 Å². The lowest BCUT2D eigenvalue weighted by atomic mass is 9.95. The van der Waals surface area contributed by atoms with Crippen LogP contribution in [0.4, 0.5) is 5.95 Å². The number of thioether (sulfide) groups is 1. The van der Waals surface area contributed by atoms with E-state index in [0.29, 0.717) is 45.5 Å². The van der Waals surface area contributed by atoms with Gasteiger partial charge in [0.15, 0.2) is 11.5 Å². The third-order valence-corrected chi connectivity index (χ3v) is 6.81. The number of nitrogens with one attached hydrogen (secondary N) is 1. The summed E-state index contributed by atoms with van der Waals surface area (Å²) >= 11 is 7.56. The molecule has 0 saturated heterocycles. The molecule has 0 aliphatic carbocycles. The number of ether oxygens (including phenoxy) is 2. The Morgan fingerprint density at radius 2 is 2.00 bits per heavy atom. The van der Waals surface area contributed by atoms with E-state index in [2.05, 4.69) is 22.3 Å². The van der Waals surface area contributed by atoms with Gasteiger partial charge in [-0.1, -0.05) is 54.9 Å². The second-order valence-corrected chi connectivity index (χ2v) is 9.62. The minimum atomic E-state index is -0.545. The molecule has 3 aromatic rings. The number of fused-ring (bicyclic) bond motifs is 1. The highest BCUT2D eigenvalue weighted by atomic mass is 35.5.